The summed E-state index contributed by atoms with van der Waals surface area (Å²) in [5, 5.41) is 7.00. The number of fused-ring (bicyclic) bond motifs is 1. The molecule has 13 heavy (non-hydrogen) atoms. The number of rotatable bonds is 0. The van der Waals surface area contributed by atoms with E-state index in [-0.39, 0.29) is 0 Å². The van der Waals surface area contributed by atoms with Gasteiger partial charge in [-0.3, -0.25) is 0 Å². The minimum absolute atomic E-state index is 1.00. The van der Waals surface area contributed by atoms with Crippen molar-refractivity contribution in [3.63, 3.8) is 0 Å². The summed E-state index contributed by atoms with van der Waals surface area (Å²) in [4.78, 5) is 8.14. The zero-order valence-corrected chi connectivity index (χ0v) is 10.2. The van der Waals surface area contributed by atoms with Gasteiger partial charge in [0.25, 0.3) is 0 Å². The lowest BCUT2D eigenvalue weighted by molar-refractivity contribution is 0.314. The van der Waals surface area contributed by atoms with Crippen LogP contribution in [0, 0.1) is 0 Å². The van der Waals surface area contributed by atoms with E-state index in [0.717, 1.165) is 30.5 Å². The molecule has 0 aromatic carbocycles. The minimum Gasteiger partial charge on any atom is -0.400 e. The van der Waals surface area contributed by atoms with Gasteiger partial charge in [0.15, 0.2) is 3.92 Å². The highest BCUT2D eigenvalue weighted by atomic mass is 79.9. The maximum atomic E-state index is 7.00. The fourth-order valence-electron chi connectivity index (χ4n) is 1.29. The average Bonchev–Trinajstić information content (AvgIpc) is 2.48. The topological polar surface area (TPSA) is 36.4 Å². The van der Waals surface area contributed by atoms with Gasteiger partial charge in [0.05, 0.1) is 5.69 Å². The highest BCUT2D eigenvalue weighted by molar-refractivity contribution is 9.11. The Hall–Kier alpha value is 0.0300. The predicted molar refractivity (Wildman–Crippen MR) is 58.0 cm³/mol. The smallest absolute Gasteiger partial charge is 0.159 e. The summed E-state index contributed by atoms with van der Waals surface area (Å²) in [6.45, 7) is 2.21. The summed E-state index contributed by atoms with van der Waals surface area (Å²) in [6.07, 6.45) is 1.11. The predicted octanol–water partition coefficient (Wildman–Crippen LogP) is 1.50. The third-order valence-corrected chi connectivity index (χ3v) is 3.43. The van der Waals surface area contributed by atoms with Crippen LogP contribution in [0.1, 0.15) is 10.6 Å². The Bertz CT molecular complexity index is 277. The van der Waals surface area contributed by atoms with Gasteiger partial charge in [-0.1, -0.05) is 0 Å². The molecule has 0 atom stereocenters. The lowest BCUT2D eigenvalue weighted by Crippen LogP contribution is -2.25. The maximum absolute atomic E-state index is 7.00. The largest absolute Gasteiger partial charge is 0.400 e. The number of halogens is 1. The highest BCUT2D eigenvalue weighted by Crippen LogP contribution is 2.27. The second kappa shape index (κ2) is 5.05. The second-order valence-electron chi connectivity index (χ2n) is 2.82. The number of hydrogen-bond acceptors (Lipinski definition) is 4. The fourth-order valence-corrected chi connectivity index (χ4v) is 3.00. The SMILES string of the molecule is CN1CCc2nc(Br)sc2C1.CO. The van der Waals surface area contributed by atoms with Gasteiger partial charge in [-0.15, -0.1) is 11.3 Å². The molecule has 2 rings (SSSR count). The van der Waals surface area contributed by atoms with Crippen LogP contribution in [0.5, 0.6) is 0 Å². The van der Waals surface area contributed by atoms with Gasteiger partial charge in [0, 0.05) is 31.5 Å². The summed E-state index contributed by atoms with van der Waals surface area (Å²) in [6, 6.07) is 0. The van der Waals surface area contributed by atoms with Crippen LogP contribution in [0.3, 0.4) is 0 Å². The highest BCUT2D eigenvalue weighted by Gasteiger charge is 2.16. The number of aromatic nitrogens is 1. The number of hydrogen-bond donors (Lipinski definition) is 1. The van der Waals surface area contributed by atoms with Crippen molar-refractivity contribution in [3.8, 4) is 0 Å². The van der Waals surface area contributed by atoms with E-state index in [0.29, 0.717) is 0 Å². The molecule has 74 valence electrons. The number of aliphatic hydroxyl groups excluding tert-OH is 1. The monoisotopic (exact) mass is 264 g/mol. The molecule has 1 aliphatic rings. The molecule has 1 N–H and O–H groups in total. The molecule has 0 unspecified atom stereocenters. The summed E-state index contributed by atoms with van der Waals surface area (Å²) in [5.41, 5.74) is 1.29. The Morgan fingerprint density at radius 2 is 2.23 bits per heavy atom. The van der Waals surface area contributed by atoms with E-state index in [1.54, 1.807) is 11.3 Å². The molecule has 3 nitrogen and oxygen atoms in total. The molecule has 0 fully saturated rings. The molecular weight excluding hydrogens is 252 g/mol. The second-order valence-corrected chi connectivity index (χ2v) is 5.18. The molecule has 5 heteroatoms. The Morgan fingerprint density at radius 3 is 2.92 bits per heavy atom. The zero-order valence-electron chi connectivity index (χ0n) is 7.75. The van der Waals surface area contributed by atoms with Crippen molar-refractivity contribution in [3.05, 3.63) is 14.5 Å². The molecule has 0 amide bonds. The molecular formula is C8H13BrN2OS. The number of likely N-dealkylation sites (N-methyl/N-ethyl adjacent to an activating group) is 1. The van der Waals surface area contributed by atoms with Crippen LogP contribution >= 0.6 is 27.3 Å². The molecule has 2 heterocycles. The molecule has 0 saturated heterocycles. The van der Waals surface area contributed by atoms with E-state index in [9.17, 15) is 0 Å². The van der Waals surface area contributed by atoms with Crippen molar-refractivity contribution in [2.24, 2.45) is 0 Å². The summed E-state index contributed by atoms with van der Waals surface area (Å²) >= 11 is 5.16. The van der Waals surface area contributed by atoms with Crippen molar-refractivity contribution in [1.29, 1.82) is 0 Å². The Morgan fingerprint density at radius 1 is 1.54 bits per heavy atom. The first-order valence-electron chi connectivity index (χ1n) is 4.03. The van der Waals surface area contributed by atoms with E-state index >= 15 is 0 Å². The van der Waals surface area contributed by atoms with Crippen LogP contribution in [-0.2, 0) is 13.0 Å². The van der Waals surface area contributed by atoms with E-state index in [1.807, 2.05) is 0 Å². The third-order valence-electron chi connectivity index (χ3n) is 1.90. The van der Waals surface area contributed by atoms with Gasteiger partial charge in [0.1, 0.15) is 0 Å². The minimum atomic E-state index is 1.00. The number of aliphatic hydroxyl groups is 1. The first kappa shape index (κ1) is 11.1. The van der Waals surface area contributed by atoms with Crippen LogP contribution in [0.2, 0.25) is 0 Å². The van der Waals surface area contributed by atoms with Gasteiger partial charge in [-0.2, -0.15) is 0 Å². The lowest BCUT2D eigenvalue weighted by atomic mass is 10.2. The first-order chi connectivity index (χ1) is 6.25. The van der Waals surface area contributed by atoms with Crippen LogP contribution < -0.4 is 0 Å². The zero-order chi connectivity index (χ0) is 9.84. The first-order valence-corrected chi connectivity index (χ1v) is 5.64. The van der Waals surface area contributed by atoms with E-state index in [1.165, 1.54) is 10.6 Å². The van der Waals surface area contributed by atoms with Crippen molar-refractivity contribution in [2.75, 3.05) is 20.7 Å². The summed E-state index contributed by atoms with van der Waals surface area (Å²) in [7, 11) is 3.15. The molecule has 0 spiro atoms. The van der Waals surface area contributed by atoms with E-state index in [2.05, 4.69) is 32.9 Å². The number of nitrogens with zero attached hydrogens (tertiary/aromatic N) is 2. The third kappa shape index (κ3) is 2.74. The van der Waals surface area contributed by atoms with Gasteiger partial charge < -0.3 is 10.0 Å². The van der Waals surface area contributed by atoms with Crippen molar-refractivity contribution < 1.29 is 5.11 Å². The van der Waals surface area contributed by atoms with Gasteiger partial charge in [0.2, 0.25) is 0 Å². The number of thiazole rings is 1. The summed E-state index contributed by atoms with van der Waals surface area (Å²) in [5.74, 6) is 0. The molecule has 0 bridgehead atoms. The Kier molecular flexibility index (Phi) is 4.31. The quantitative estimate of drug-likeness (QED) is 0.772. The van der Waals surface area contributed by atoms with Gasteiger partial charge >= 0.3 is 0 Å². The molecule has 0 radical (unpaired) electrons. The molecule has 0 aliphatic carbocycles. The van der Waals surface area contributed by atoms with E-state index < -0.39 is 0 Å². The van der Waals surface area contributed by atoms with Gasteiger partial charge in [-0.05, 0) is 23.0 Å². The molecule has 0 saturated carbocycles. The summed E-state index contributed by atoms with van der Waals surface area (Å²) < 4.78 is 1.03. The van der Waals surface area contributed by atoms with Crippen LogP contribution in [-0.4, -0.2) is 35.7 Å². The van der Waals surface area contributed by atoms with Crippen LogP contribution in [0.15, 0.2) is 3.92 Å². The van der Waals surface area contributed by atoms with Crippen molar-refractivity contribution in [2.45, 2.75) is 13.0 Å². The molecule has 1 aromatic heterocycles. The van der Waals surface area contributed by atoms with Gasteiger partial charge in [-0.25, -0.2) is 4.98 Å². The van der Waals surface area contributed by atoms with Crippen molar-refractivity contribution >= 4 is 27.3 Å². The van der Waals surface area contributed by atoms with Crippen LogP contribution in [0.4, 0.5) is 0 Å². The van der Waals surface area contributed by atoms with E-state index in [4.69, 9.17) is 5.11 Å². The maximum Gasteiger partial charge on any atom is 0.159 e. The Balaban J connectivity index is 0.000000396. The Labute approximate surface area is 90.5 Å². The van der Waals surface area contributed by atoms with Crippen molar-refractivity contribution in [1.82, 2.24) is 9.88 Å². The average molecular weight is 265 g/mol. The lowest BCUT2D eigenvalue weighted by Gasteiger charge is -2.20. The fraction of sp³-hybridized carbons (Fsp3) is 0.625. The molecule has 1 aromatic rings. The normalized spacial score (nSPS) is 16.0. The molecule has 1 aliphatic heterocycles. The standard InChI is InChI=1S/C7H9BrN2S.CH4O/c1-10-3-2-5-6(4-10)11-7(8)9-5;1-2/h2-4H2,1H3;2H,1H3. The van der Waals surface area contributed by atoms with Crippen LogP contribution in [0.25, 0.3) is 0 Å².